The zero-order valence-electron chi connectivity index (χ0n) is 14.3. The molecule has 0 aliphatic rings. The molecule has 0 aromatic heterocycles. The number of amides is 2. The van der Waals surface area contributed by atoms with Gasteiger partial charge in [-0.05, 0) is 49.2 Å². The van der Waals surface area contributed by atoms with Gasteiger partial charge in [0.05, 0.1) is 5.54 Å². The van der Waals surface area contributed by atoms with E-state index in [1.54, 1.807) is 0 Å². The Balaban J connectivity index is 1.82. The van der Waals surface area contributed by atoms with Gasteiger partial charge in [0.25, 0.3) is 0 Å². The van der Waals surface area contributed by atoms with Crippen molar-refractivity contribution in [2.45, 2.75) is 26.3 Å². The number of carbonyl (C=O) groups excluding carboxylic acids is 1. The van der Waals surface area contributed by atoms with Crippen LogP contribution in [0.4, 0.5) is 10.5 Å². The smallest absolute Gasteiger partial charge is 0.319 e. The summed E-state index contributed by atoms with van der Waals surface area (Å²) in [5.41, 5.74) is 2.55. The van der Waals surface area contributed by atoms with Gasteiger partial charge in [-0.15, -0.1) is 0 Å². The average molecular weight is 318 g/mol. The Bertz CT molecular complexity index is 861. The van der Waals surface area contributed by atoms with Crippen molar-refractivity contribution in [2.24, 2.45) is 0 Å². The van der Waals surface area contributed by atoms with Gasteiger partial charge in [-0.2, -0.15) is 0 Å². The van der Waals surface area contributed by atoms with Gasteiger partial charge < -0.3 is 10.6 Å². The molecule has 3 nitrogen and oxygen atoms in total. The van der Waals surface area contributed by atoms with E-state index in [1.165, 1.54) is 5.39 Å². The fraction of sp³-hybridized carbons (Fsp3) is 0.190. The number of urea groups is 1. The average Bonchev–Trinajstić information content (AvgIpc) is 2.56. The summed E-state index contributed by atoms with van der Waals surface area (Å²) < 4.78 is 0. The lowest BCUT2D eigenvalue weighted by Gasteiger charge is -2.28. The zero-order chi connectivity index (χ0) is 17.2. The van der Waals surface area contributed by atoms with Gasteiger partial charge in [-0.1, -0.05) is 60.2 Å². The second-order valence-corrected chi connectivity index (χ2v) is 6.60. The Morgan fingerprint density at radius 3 is 2.29 bits per heavy atom. The first kappa shape index (κ1) is 16.1. The number of hydrogen-bond donors (Lipinski definition) is 2. The second-order valence-electron chi connectivity index (χ2n) is 6.60. The van der Waals surface area contributed by atoms with E-state index < -0.39 is 5.54 Å². The van der Waals surface area contributed by atoms with E-state index >= 15 is 0 Å². The lowest BCUT2D eigenvalue weighted by atomic mass is 9.89. The molecule has 0 saturated heterocycles. The summed E-state index contributed by atoms with van der Waals surface area (Å²) >= 11 is 0. The van der Waals surface area contributed by atoms with Crippen molar-refractivity contribution in [1.29, 1.82) is 0 Å². The van der Waals surface area contributed by atoms with Crippen LogP contribution in [0.1, 0.15) is 25.0 Å². The molecule has 2 amide bonds. The Morgan fingerprint density at radius 2 is 1.54 bits per heavy atom. The summed E-state index contributed by atoms with van der Waals surface area (Å²) in [6.45, 7) is 6.06. The van der Waals surface area contributed by atoms with E-state index in [0.29, 0.717) is 0 Å². The van der Waals surface area contributed by atoms with Gasteiger partial charge in [-0.25, -0.2) is 4.79 Å². The van der Waals surface area contributed by atoms with Crippen LogP contribution >= 0.6 is 0 Å². The standard InChI is InChI=1S/C21H22N2O/c1-15-11-13-17(14-12-15)22-20(24)23-21(2,3)19-10-6-8-16-7-4-5-9-18(16)19/h4-14H,1-3H3,(H2,22,23,24). The monoisotopic (exact) mass is 318 g/mol. The molecule has 24 heavy (non-hydrogen) atoms. The second kappa shape index (κ2) is 6.36. The maximum atomic E-state index is 12.4. The van der Waals surface area contributed by atoms with E-state index in [-0.39, 0.29) is 6.03 Å². The van der Waals surface area contributed by atoms with Gasteiger partial charge in [0, 0.05) is 5.69 Å². The molecule has 0 spiro atoms. The van der Waals surface area contributed by atoms with Gasteiger partial charge in [0.1, 0.15) is 0 Å². The van der Waals surface area contributed by atoms with Crippen LogP contribution in [0.25, 0.3) is 10.8 Å². The van der Waals surface area contributed by atoms with Crippen LogP contribution in [-0.2, 0) is 5.54 Å². The molecule has 0 unspecified atom stereocenters. The molecule has 3 aromatic rings. The number of benzene rings is 3. The third-order valence-corrected chi connectivity index (χ3v) is 4.20. The van der Waals surface area contributed by atoms with Crippen molar-refractivity contribution in [3.8, 4) is 0 Å². The van der Waals surface area contributed by atoms with Gasteiger partial charge >= 0.3 is 6.03 Å². The van der Waals surface area contributed by atoms with Crippen molar-refractivity contribution in [3.05, 3.63) is 77.9 Å². The lowest BCUT2D eigenvalue weighted by Crippen LogP contribution is -2.43. The molecule has 0 fully saturated rings. The quantitative estimate of drug-likeness (QED) is 0.684. The first-order valence-corrected chi connectivity index (χ1v) is 8.10. The van der Waals surface area contributed by atoms with Gasteiger partial charge in [0.15, 0.2) is 0 Å². The van der Waals surface area contributed by atoms with Gasteiger partial charge in [-0.3, -0.25) is 0 Å². The minimum atomic E-state index is -0.490. The topological polar surface area (TPSA) is 41.1 Å². The Hall–Kier alpha value is -2.81. The fourth-order valence-corrected chi connectivity index (χ4v) is 2.92. The first-order chi connectivity index (χ1) is 11.5. The Kier molecular flexibility index (Phi) is 4.26. The highest BCUT2D eigenvalue weighted by molar-refractivity contribution is 5.91. The van der Waals surface area contributed by atoms with Crippen molar-refractivity contribution < 1.29 is 4.79 Å². The van der Waals surface area contributed by atoms with E-state index in [2.05, 4.69) is 34.9 Å². The molecular weight excluding hydrogens is 296 g/mol. The number of hydrogen-bond acceptors (Lipinski definition) is 1. The van der Waals surface area contributed by atoms with Gasteiger partial charge in [0.2, 0.25) is 0 Å². The highest BCUT2D eigenvalue weighted by Gasteiger charge is 2.24. The number of fused-ring (bicyclic) bond motifs is 1. The highest BCUT2D eigenvalue weighted by atomic mass is 16.2. The minimum Gasteiger partial charge on any atom is -0.329 e. The van der Waals surface area contributed by atoms with Crippen molar-refractivity contribution in [3.63, 3.8) is 0 Å². The molecule has 0 heterocycles. The van der Waals surface area contributed by atoms with Crippen LogP contribution in [0.2, 0.25) is 0 Å². The van der Waals surface area contributed by atoms with E-state index in [9.17, 15) is 4.79 Å². The highest BCUT2D eigenvalue weighted by Crippen LogP contribution is 2.28. The summed E-state index contributed by atoms with van der Waals surface area (Å²) in [5, 5.41) is 8.29. The van der Waals surface area contributed by atoms with Crippen molar-refractivity contribution in [1.82, 2.24) is 5.32 Å². The number of anilines is 1. The molecule has 122 valence electrons. The number of nitrogens with one attached hydrogen (secondary N) is 2. The summed E-state index contributed by atoms with van der Waals surface area (Å²) in [4.78, 5) is 12.4. The molecular formula is C21H22N2O. The van der Waals surface area contributed by atoms with Crippen LogP contribution < -0.4 is 10.6 Å². The largest absolute Gasteiger partial charge is 0.329 e. The normalized spacial score (nSPS) is 11.3. The summed E-state index contributed by atoms with van der Waals surface area (Å²) in [6, 6.07) is 21.9. The molecule has 0 aliphatic carbocycles. The maximum Gasteiger partial charge on any atom is 0.319 e. The molecule has 0 radical (unpaired) electrons. The third-order valence-electron chi connectivity index (χ3n) is 4.20. The van der Waals surface area contributed by atoms with Crippen LogP contribution in [0.3, 0.4) is 0 Å². The minimum absolute atomic E-state index is 0.211. The predicted octanol–water partition coefficient (Wildman–Crippen LogP) is 5.21. The molecule has 3 aromatic carbocycles. The SMILES string of the molecule is Cc1ccc(NC(=O)NC(C)(C)c2cccc3ccccc23)cc1. The van der Waals surface area contributed by atoms with Crippen LogP contribution in [0.15, 0.2) is 66.7 Å². The molecule has 0 bridgehead atoms. The molecule has 3 heteroatoms. The third kappa shape index (κ3) is 3.40. The predicted molar refractivity (Wildman–Crippen MR) is 100 cm³/mol. The molecule has 0 saturated carbocycles. The first-order valence-electron chi connectivity index (χ1n) is 8.10. The summed E-state index contributed by atoms with van der Waals surface area (Å²) in [5.74, 6) is 0. The summed E-state index contributed by atoms with van der Waals surface area (Å²) in [6.07, 6.45) is 0. The molecule has 2 N–H and O–H groups in total. The van der Waals surface area contributed by atoms with E-state index in [4.69, 9.17) is 0 Å². The van der Waals surface area contributed by atoms with Crippen LogP contribution in [0, 0.1) is 6.92 Å². The number of rotatable bonds is 3. The molecule has 3 rings (SSSR count). The summed E-state index contributed by atoms with van der Waals surface area (Å²) in [7, 11) is 0. The number of carbonyl (C=O) groups is 1. The van der Waals surface area contributed by atoms with Crippen LogP contribution in [-0.4, -0.2) is 6.03 Å². The number of aryl methyl sites for hydroxylation is 1. The molecule has 0 aliphatic heterocycles. The van der Waals surface area contributed by atoms with E-state index in [0.717, 1.165) is 22.2 Å². The van der Waals surface area contributed by atoms with Crippen LogP contribution in [0.5, 0.6) is 0 Å². The fourth-order valence-electron chi connectivity index (χ4n) is 2.92. The molecule has 0 atom stereocenters. The Morgan fingerprint density at radius 1 is 0.875 bits per heavy atom. The van der Waals surface area contributed by atoms with E-state index in [1.807, 2.05) is 63.2 Å². The lowest BCUT2D eigenvalue weighted by molar-refractivity contribution is 0.242. The van der Waals surface area contributed by atoms with Crippen molar-refractivity contribution in [2.75, 3.05) is 5.32 Å². The zero-order valence-corrected chi connectivity index (χ0v) is 14.3. The maximum absolute atomic E-state index is 12.4. The Labute approximate surface area is 142 Å². The van der Waals surface area contributed by atoms with Crippen molar-refractivity contribution >= 4 is 22.5 Å².